The fourth-order valence-corrected chi connectivity index (χ4v) is 0.849. The van der Waals surface area contributed by atoms with Gasteiger partial charge in [-0.15, -0.1) is 5.06 Å². The molecule has 0 aliphatic carbocycles. The molecule has 1 unspecified atom stereocenters. The number of nitrogens with zero attached hydrogens (tertiary/aromatic N) is 3. The first-order valence-electron chi connectivity index (χ1n) is 3.29. The number of rotatable bonds is 2. The van der Waals surface area contributed by atoms with Gasteiger partial charge in [0, 0.05) is 13.0 Å². The minimum atomic E-state index is -0.441. The Morgan fingerprint density at radius 3 is 2.82 bits per heavy atom. The van der Waals surface area contributed by atoms with Gasteiger partial charge in [-0.25, -0.2) is 5.06 Å². The smallest absolute Gasteiger partial charge is 0.131 e. The molecule has 0 saturated carbocycles. The summed E-state index contributed by atoms with van der Waals surface area (Å²) in [6.07, 6.45) is 1.14. The van der Waals surface area contributed by atoms with E-state index in [0.29, 0.717) is 6.42 Å². The third kappa shape index (κ3) is 2.12. The molecule has 1 aliphatic heterocycles. The first-order chi connectivity index (χ1) is 5.24. The number of aliphatic hydroxyl groups is 1. The predicted molar refractivity (Wildman–Crippen MR) is 36.1 cm³/mol. The zero-order valence-corrected chi connectivity index (χ0v) is 5.96. The Balaban J connectivity index is 2.46. The summed E-state index contributed by atoms with van der Waals surface area (Å²) < 4.78 is 0. The predicted octanol–water partition coefficient (Wildman–Crippen LogP) is -0.923. The Hall–Kier alpha value is -0.690. The quantitative estimate of drug-likeness (QED) is 0.488. The van der Waals surface area contributed by atoms with E-state index in [9.17, 15) is 0 Å². The van der Waals surface area contributed by atoms with E-state index in [1.807, 2.05) is 0 Å². The molecular formula is C5H11N3O3. The Morgan fingerprint density at radius 1 is 1.55 bits per heavy atom. The van der Waals surface area contributed by atoms with Gasteiger partial charge in [0.05, 0.1) is 0 Å². The van der Waals surface area contributed by atoms with Crippen LogP contribution in [0.3, 0.4) is 0 Å². The van der Waals surface area contributed by atoms with Crippen molar-refractivity contribution in [2.24, 2.45) is 4.99 Å². The number of hydrogen-bond acceptors (Lipinski definition) is 6. The molecule has 1 aliphatic rings. The SMILES string of the molecule is OCCC1N=CN(O)CN1O. The van der Waals surface area contributed by atoms with Crippen molar-refractivity contribution in [3.63, 3.8) is 0 Å². The van der Waals surface area contributed by atoms with Crippen LogP contribution in [0.2, 0.25) is 0 Å². The normalized spacial score (nSPS) is 26.1. The summed E-state index contributed by atoms with van der Waals surface area (Å²) in [4.78, 5) is 3.75. The molecule has 0 aromatic rings. The fourth-order valence-electron chi connectivity index (χ4n) is 0.849. The minimum Gasteiger partial charge on any atom is -0.396 e. The third-order valence-corrected chi connectivity index (χ3v) is 1.39. The molecule has 0 aromatic carbocycles. The highest BCUT2D eigenvalue weighted by Gasteiger charge is 2.19. The van der Waals surface area contributed by atoms with E-state index >= 15 is 0 Å². The van der Waals surface area contributed by atoms with Crippen LogP contribution in [0.25, 0.3) is 0 Å². The Morgan fingerprint density at radius 2 is 2.27 bits per heavy atom. The largest absolute Gasteiger partial charge is 0.396 e. The lowest BCUT2D eigenvalue weighted by Crippen LogP contribution is -2.44. The van der Waals surface area contributed by atoms with Crippen LogP contribution in [0.1, 0.15) is 6.42 Å². The summed E-state index contributed by atoms with van der Waals surface area (Å²) in [6, 6.07) is 0. The molecule has 3 N–H and O–H groups in total. The van der Waals surface area contributed by atoms with Gasteiger partial charge in [-0.05, 0) is 0 Å². The molecule has 0 aromatic heterocycles. The van der Waals surface area contributed by atoms with Crippen molar-refractivity contribution in [3.8, 4) is 0 Å². The summed E-state index contributed by atoms with van der Waals surface area (Å²) in [7, 11) is 0. The highest BCUT2D eigenvalue weighted by atomic mass is 16.5. The Labute approximate surface area is 63.9 Å². The Bertz CT molecular complexity index is 152. The molecule has 11 heavy (non-hydrogen) atoms. The highest BCUT2D eigenvalue weighted by molar-refractivity contribution is 5.53. The van der Waals surface area contributed by atoms with Gasteiger partial charge in [-0.3, -0.25) is 10.2 Å². The standard InChI is InChI=1S/C5H11N3O3/c9-2-1-5-6-3-7(10)4-8(5)11/h3,5,9-11H,1-2,4H2. The van der Waals surface area contributed by atoms with Crippen molar-refractivity contribution in [3.05, 3.63) is 0 Å². The van der Waals surface area contributed by atoms with E-state index in [1.54, 1.807) is 0 Å². The van der Waals surface area contributed by atoms with E-state index in [0.717, 1.165) is 10.1 Å². The summed E-state index contributed by atoms with van der Waals surface area (Å²) in [5.41, 5.74) is 0. The van der Waals surface area contributed by atoms with Crippen molar-refractivity contribution in [1.29, 1.82) is 0 Å². The number of aliphatic hydroxyl groups excluding tert-OH is 1. The molecule has 64 valence electrons. The number of aliphatic imine (C=N–C) groups is 1. The molecule has 6 nitrogen and oxygen atoms in total. The second-order valence-corrected chi connectivity index (χ2v) is 2.28. The molecule has 0 bridgehead atoms. The van der Waals surface area contributed by atoms with Crippen molar-refractivity contribution in [2.75, 3.05) is 13.3 Å². The van der Waals surface area contributed by atoms with Crippen LogP contribution in [0.4, 0.5) is 0 Å². The maximum Gasteiger partial charge on any atom is 0.131 e. The summed E-state index contributed by atoms with van der Waals surface area (Å²) in [5, 5.41) is 28.0. The van der Waals surface area contributed by atoms with E-state index in [4.69, 9.17) is 15.5 Å². The second-order valence-electron chi connectivity index (χ2n) is 2.28. The Kier molecular flexibility index (Phi) is 2.77. The van der Waals surface area contributed by atoms with Crippen LogP contribution in [0.5, 0.6) is 0 Å². The molecule has 0 radical (unpaired) electrons. The average Bonchev–Trinajstić information content (AvgIpc) is 1.95. The van der Waals surface area contributed by atoms with E-state index < -0.39 is 6.17 Å². The molecule has 0 fully saturated rings. The second kappa shape index (κ2) is 3.63. The number of hydroxylamine groups is 4. The fraction of sp³-hybridized carbons (Fsp3) is 0.800. The molecule has 6 heteroatoms. The van der Waals surface area contributed by atoms with Crippen LogP contribution in [-0.2, 0) is 0 Å². The van der Waals surface area contributed by atoms with Gasteiger partial charge in [-0.2, -0.15) is 0 Å². The zero-order chi connectivity index (χ0) is 8.27. The lowest BCUT2D eigenvalue weighted by Gasteiger charge is -2.28. The molecule has 0 spiro atoms. The third-order valence-electron chi connectivity index (χ3n) is 1.39. The van der Waals surface area contributed by atoms with Crippen molar-refractivity contribution in [2.45, 2.75) is 12.6 Å². The lowest BCUT2D eigenvalue weighted by atomic mass is 10.3. The maximum absolute atomic E-state index is 9.08. The van der Waals surface area contributed by atoms with Crippen molar-refractivity contribution in [1.82, 2.24) is 10.1 Å². The molecule has 0 saturated heterocycles. The summed E-state index contributed by atoms with van der Waals surface area (Å²) >= 11 is 0. The topological polar surface area (TPSA) is 79.5 Å². The lowest BCUT2D eigenvalue weighted by molar-refractivity contribution is -0.202. The average molecular weight is 161 g/mol. The first kappa shape index (κ1) is 8.41. The first-order valence-corrected chi connectivity index (χ1v) is 3.29. The minimum absolute atomic E-state index is 0.00579. The van der Waals surface area contributed by atoms with Crippen LogP contribution >= 0.6 is 0 Å². The molecular weight excluding hydrogens is 150 g/mol. The van der Waals surface area contributed by atoms with Crippen LogP contribution in [0.15, 0.2) is 4.99 Å². The van der Waals surface area contributed by atoms with Crippen LogP contribution < -0.4 is 0 Å². The van der Waals surface area contributed by atoms with Crippen LogP contribution in [0, 0.1) is 0 Å². The highest BCUT2D eigenvalue weighted by Crippen LogP contribution is 2.06. The molecule has 1 atom stereocenters. The summed E-state index contributed by atoms with van der Waals surface area (Å²) in [6.45, 7) is -0.0430. The zero-order valence-electron chi connectivity index (χ0n) is 5.96. The van der Waals surface area contributed by atoms with Gasteiger partial charge in [0.15, 0.2) is 0 Å². The monoisotopic (exact) mass is 161 g/mol. The van der Waals surface area contributed by atoms with E-state index in [-0.39, 0.29) is 13.3 Å². The van der Waals surface area contributed by atoms with Gasteiger partial charge in [0.25, 0.3) is 0 Å². The summed E-state index contributed by atoms with van der Waals surface area (Å²) in [5.74, 6) is 0. The number of hydrogen-bond donors (Lipinski definition) is 3. The van der Waals surface area contributed by atoms with Gasteiger partial charge in [-0.1, -0.05) is 0 Å². The van der Waals surface area contributed by atoms with E-state index in [1.165, 1.54) is 6.34 Å². The van der Waals surface area contributed by atoms with Crippen molar-refractivity contribution < 1.29 is 15.5 Å². The van der Waals surface area contributed by atoms with E-state index in [2.05, 4.69) is 4.99 Å². The van der Waals surface area contributed by atoms with Gasteiger partial charge < -0.3 is 10.3 Å². The molecule has 1 rings (SSSR count). The van der Waals surface area contributed by atoms with Gasteiger partial charge in [0.1, 0.15) is 19.2 Å². The van der Waals surface area contributed by atoms with Crippen LogP contribution in [-0.4, -0.2) is 51.4 Å². The van der Waals surface area contributed by atoms with Crippen molar-refractivity contribution >= 4 is 6.34 Å². The maximum atomic E-state index is 9.08. The molecule has 0 amide bonds. The van der Waals surface area contributed by atoms with Gasteiger partial charge in [0.2, 0.25) is 0 Å². The van der Waals surface area contributed by atoms with Gasteiger partial charge >= 0.3 is 0 Å². The molecule has 1 heterocycles.